The molecule has 7 nitrogen and oxygen atoms in total. The van der Waals surface area contributed by atoms with E-state index in [4.69, 9.17) is 0 Å². The molecule has 0 fully saturated rings. The van der Waals surface area contributed by atoms with Crippen LogP contribution in [0.15, 0.2) is 73.2 Å². The Hall–Kier alpha value is -4.13. The van der Waals surface area contributed by atoms with Gasteiger partial charge in [-0.25, -0.2) is 4.98 Å². The van der Waals surface area contributed by atoms with E-state index < -0.39 is 0 Å². The SMILES string of the molecule is CC(C)CC(=O)Nc1ccc2c(c1)N(Cc1c[nH]cn1)CCN(C(=O)c1cccc3ccccc13)C2. The van der Waals surface area contributed by atoms with E-state index in [-0.39, 0.29) is 17.7 Å². The number of hydrogen-bond donors (Lipinski definition) is 2. The van der Waals surface area contributed by atoms with Crippen molar-refractivity contribution in [3.05, 3.63) is 90.0 Å². The Kier molecular flexibility index (Phi) is 6.71. The number of fused-ring (bicyclic) bond motifs is 2. The molecule has 2 N–H and O–H groups in total. The van der Waals surface area contributed by atoms with Crippen LogP contribution in [0.5, 0.6) is 0 Å². The number of imidazole rings is 1. The maximum atomic E-state index is 13.7. The molecule has 0 atom stereocenters. The zero-order chi connectivity index (χ0) is 25.1. The molecule has 2 amide bonds. The number of H-pyrrole nitrogens is 1. The third-order valence-corrected chi connectivity index (χ3v) is 6.52. The van der Waals surface area contributed by atoms with Gasteiger partial charge in [-0.3, -0.25) is 9.59 Å². The molecule has 0 aliphatic carbocycles. The van der Waals surface area contributed by atoms with Gasteiger partial charge in [0.25, 0.3) is 5.91 Å². The molecule has 1 aromatic heterocycles. The van der Waals surface area contributed by atoms with Crippen molar-refractivity contribution < 1.29 is 9.59 Å². The first-order valence-corrected chi connectivity index (χ1v) is 12.4. The standard InChI is InChI=1S/C29H31N5O2/c1-20(2)14-28(35)32-23-11-10-22-17-34(13-12-33(27(22)15-23)18-24-16-30-19-31-24)29(36)26-9-5-7-21-6-3-4-8-25(21)26/h3-11,15-16,19-20H,12-14,17-18H2,1-2H3,(H,30,31)(H,32,35). The molecule has 7 heteroatoms. The van der Waals surface area contributed by atoms with Crippen LogP contribution >= 0.6 is 0 Å². The summed E-state index contributed by atoms with van der Waals surface area (Å²) in [7, 11) is 0. The largest absolute Gasteiger partial charge is 0.363 e. The number of carbonyl (C=O) groups excluding carboxylic acids is 2. The van der Waals surface area contributed by atoms with Crippen LogP contribution in [0.2, 0.25) is 0 Å². The van der Waals surface area contributed by atoms with Crippen LogP contribution in [-0.2, 0) is 17.9 Å². The Bertz CT molecular complexity index is 1370. The zero-order valence-electron chi connectivity index (χ0n) is 20.7. The van der Waals surface area contributed by atoms with E-state index in [1.54, 1.807) is 6.33 Å². The predicted octanol–water partition coefficient (Wildman–Crippen LogP) is 5.21. The summed E-state index contributed by atoms with van der Waals surface area (Å²) in [5.41, 5.74) is 4.45. The van der Waals surface area contributed by atoms with Gasteiger partial charge >= 0.3 is 0 Å². The van der Waals surface area contributed by atoms with E-state index in [0.29, 0.717) is 38.2 Å². The molecule has 0 saturated carbocycles. The van der Waals surface area contributed by atoms with Crippen molar-refractivity contribution in [3.8, 4) is 0 Å². The highest BCUT2D eigenvalue weighted by Gasteiger charge is 2.25. The number of aromatic amines is 1. The highest BCUT2D eigenvalue weighted by molar-refractivity contribution is 6.07. The van der Waals surface area contributed by atoms with Gasteiger partial charge < -0.3 is 20.1 Å². The summed E-state index contributed by atoms with van der Waals surface area (Å²) in [6.07, 6.45) is 4.03. The molecule has 5 rings (SSSR count). The van der Waals surface area contributed by atoms with Gasteiger partial charge in [0.15, 0.2) is 0 Å². The van der Waals surface area contributed by atoms with Crippen molar-refractivity contribution in [1.29, 1.82) is 0 Å². The fourth-order valence-electron chi connectivity index (χ4n) is 4.79. The lowest BCUT2D eigenvalue weighted by Crippen LogP contribution is -2.35. The second-order valence-electron chi connectivity index (χ2n) is 9.73. The van der Waals surface area contributed by atoms with Gasteiger partial charge in [-0.2, -0.15) is 0 Å². The van der Waals surface area contributed by atoms with Gasteiger partial charge in [0.2, 0.25) is 5.91 Å². The minimum Gasteiger partial charge on any atom is -0.363 e. The third kappa shape index (κ3) is 5.10. The van der Waals surface area contributed by atoms with Crippen molar-refractivity contribution in [2.75, 3.05) is 23.3 Å². The summed E-state index contributed by atoms with van der Waals surface area (Å²) >= 11 is 0. The Morgan fingerprint density at radius 2 is 1.89 bits per heavy atom. The van der Waals surface area contributed by atoms with Gasteiger partial charge in [0.1, 0.15) is 0 Å². The zero-order valence-corrected chi connectivity index (χ0v) is 20.7. The van der Waals surface area contributed by atoms with E-state index in [1.165, 1.54) is 0 Å². The predicted molar refractivity (Wildman–Crippen MR) is 143 cm³/mol. The average Bonchev–Trinajstić information content (AvgIpc) is 3.31. The van der Waals surface area contributed by atoms with Crippen molar-refractivity contribution in [1.82, 2.24) is 14.9 Å². The third-order valence-electron chi connectivity index (χ3n) is 6.52. The first-order valence-electron chi connectivity index (χ1n) is 12.4. The lowest BCUT2D eigenvalue weighted by Gasteiger charge is -2.25. The second-order valence-corrected chi connectivity index (χ2v) is 9.73. The van der Waals surface area contributed by atoms with Crippen molar-refractivity contribution in [2.45, 2.75) is 33.4 Å². The number of rotatable bonds is 6. The molecule has 0 spiro atoms. The molecule has 0 saturated heterocycles. The first-order chi connectivity index (χ1) is 17.5. The highest BCUT2D eigenvalue weighted by Crippen LogP contribution is 2.31. The smallest absolute Gasteiger partial charge is 0.254 e. The minimum absolute atomic E-state index is 0.00480. The molecule has 36 heavy (non-hydrogen) atoms. The Morgan fingerprint density at radius 1 is 1.06 bits per heavy atom. The van der Waals surface area contributed by atoms with Crippen molar-refractivity contribution >= 4 is 34.0 Å². The fourth-order valence-corrected chi connectivity index (χ4v) is 4.79. The van der Waals surface area contributed by atoms with Crippen molar-refractivity contribution in [3.63, 3.8) is 0 Å². The number of nitrogens with one attached hydrogen (secondary N) is 2. The Morgan fingerprint density at radius 3 is 2.69 bits per heavy atom. The Labute approximate surface area is 211 Å². The summed E-state index contributed by atoms with van der Waals surface area (Å²) in [5.74, 6) is 0.314. The number of nitrogens with zero attached hydrogens (tertiary/aromatic N) is 3. The molecular weight excluding hydrogens is 450 g/mol. The summed E-state index contributed by atoms with van der Waals surface area (Å²) < 4.78 is 0. The molecule has 1 aliphatic rings. The molecule has 0 radical (unpaired) electrons. The van der Waals surface area contributed by atoms with E-state index in [0.717, 1.165) is 33.4 Å². The lowest BCUT2D eigenvalue weighted by molar-refractivity contribution is -0.116. The summed E-state index contributed by atoms with van der Waals surface area (Å²) in [6.45, 7) is 6.40. The van der Waals surface area contributed by atoms with E-state index in [2.05, 4.69) is 20.2 Å². The van der Waals surface area contributed by atoms with Crippen LogP contribution in [0, 0.1) is 5.92 Å². The van der Waals surface area contributed by atoms with Crippen LogP contribution < -0.4 is 10.2 Å². The van der Waals surface area contributed by atoms with Crippen LogP contribution in [0.25, 0.3) is 10.8 Å². The van der Waals surface area contributed by atoms with Crippen LogP contribution in [0.1, 0.15) is 41.9 Å². The van der Waals surface area contributed by atoms with E-state index in [1.807, 2.05) is 85.6 Å². The maximum absolute atomic E-state index is 13.7. The summed E-state index contributed by atoms with van der Waals surface area (Å²) in [5, 5.41) is 5.06. The molecule has 184 valence electrons. The van der Waals surface area contributed by atoms with E-state index in [9.17, 15) is 9.59 Å². The number of amides is 2. The lowest BCUT2D eigenvalue weighted by atomic mass is 10.0. The second kappa shape index (κ2) is 10.2. The number of benzene rings is 3. The summed E-state index contributed by atoms with van der Waals surface area (Å²) in [4.78, 5) is 37.7. The molecule has 0 bridgehead atoms. The highest BCUT2D eigenvalue weighted by atomic mass is 16.2. The Balaban J connectivity index is 1.46. The van der Waals surface area contributed by atoms with Crippen LogP contribution in [0.3, 0.4) is 0 Å². The number of carbonyl (C=O) groups is 2. The molecule has 2 heterocycles. The fraction of sp³-hybridized carbons (Fsp3) is 0.276. The van der Waals surface area contributed by atoms with Crippen LogP contribution in [-0.4, -0.2) is 39.8 Å². The normalized spacial score (nSPS) is 13.5. The summed E-state index contributed by atoms with van der Waals surface area (Å²) in [6, 6.07) is 19.8. The quantitative estimate of drug-likeness (QED) is 0.396. The maximum Gasteiger partial charge on any atom is 0.254 e. The van der Waals surface area contributed by atoms with Gasteiger partial charge in [-0.15, -0.1) is 0 Å². The number of anilines is 2. The molecule has 1 aliphatic heterocycles. The van der Waals surface area contributed by atoms with Crippen molar-refractivity contribution in [2.24, 2.45) is 5.92 Å². The molecular formula is C29H31N5O2. The topological polar surface area (TPSA) is 81.3 Å². The van der Waals surface area contributed by atoms with Gasteiger partial charge in [-0.05, 0) is 40.5 Å². The van der Waals surface area contributed by atoms with Gasteiger partial charge in [-0.1, -0.05) is 56.3 Å². The van der Waals surface area contributed by atoms with E-state index >= 15 is 0 Å². The van der Waals surface area contributed by atoms with Crippen LogP contribution in [0.4, 0.5) is 11.4 Å². The molecule has 3 aromatic carbocycles. The number of hydrogen-bond acceptors (Lipinski definition) is 4. The molecule has 0 unspecified atom stereocenters. The monoisotopic (exact) mass is 481 g/mol. The average molecular weight is 482 g/mol. The van der Waals surface area contributed by atoms with Gasteiger partial charge in [0, 0.05) is 49.2 Å². The molecule has 4 aromatic rings. The minimum atomic E-state index is 0.00480. The van der Waals surface area contributed by atoms with Gasteiger partial charge in [0.05, 0.1) is 18.6 Å². The number of aromatic nitrogens is 2. The first kappa shape index (κ1) is 23.6.